The van der Waals surface area contributed by atoms with Gasteiger partial charge < -0.3 is 10.1 Å². The highest BCUT2D eigenvalue weighted by molar-refractivity contribution is 5.94. The summed E-state index contributed by atoms with van der Waals surface area (Å²) in [5, 5.41) is 3.02. The van der Waals surface area contributed by atoms with Crippen molar-refractivity contribution in [1.82, 2.24) is 10.2 Å². The number of likely N-dealkylation sites (N-methyl/N-ethyl adjacent to an activating group) is 1. The zero-order chi connectivity index (χ0) is 20.5. The molecule has 0 bridgehead atoms. The third kappa shape index (κ3) is 5.92. The van der Waals surface area contributed by atoms with E-state index in [1.807, 2.05) is 18.2 Å². The Morgan fingerprint density at radius 3 is 2.32 bits per heavy atom. The molecule has 1 N–H and O–H groups in total. The summed E-state index contributed by atoms with van der Waals surface area (Å²) < 4.78 is 5.74. The number of benzene rings is 2. The summed E-state index contributed by atoms with van der Waals surface area (Å²) in [4.78, 5) is 26.4. The van der Waals surface area contributed by atoms with Crippen LogP contribution in [0, 0.1) is 0 Å². The highest BCUT2D eigenvalue weighted by atomic mass is 16.5. The van der Waals surface area contributed by atoms with Crippen molar-refractivity contribution in [1.29, 1.82) is 0 Å². The van der Waals surface area contributed by atoms with Gasteiger partial charge in [0, 0.05) is 12.1 Å². The molecule has 0 spiro atoms. The van der Waals surface area contributed by atoms with E-state index in [0.717, 1.165) is 13.1 Å². The molecule has 0 aromatic heterocycles. The third-order valence-electron chi connectivity index (χ3n) is 4.83. The second-order valence-electron chi connectivity index (χ2n) is 6.74. The normalized spacial score (nSPS) is 13.0. The lowest BCUT2D eigenvalue weighted by Gasteiger charge is -2.30. The lowest BCUT2D eigenvalue weighted by molar-refractivity contribution is -0.127. The van der Waals surface area contributed by atoms with Gasteiger partial charge in [-0.3, -0.25) is 14.5 Å². The molecule has 0 aliphatic heterocycles. The molecule has 2 aromatic rings. The van der Waals surface area contributed by atoms with E-state index in [2.05, 4.69) is 36.2 Å². The van der Waals surface area contributed by atoms with Crippen LogP contribution in [0.3, 0.4) is 0 Å². The molecule has 2 unspecified atom stereocenters. The molecule has 1 amide bonds. The van der Waals surface area contributed by atoms with Crippen LogP contribution in [0.25, 0.3) is 0 Å². The van der Waals surface area contributed by atoms with Gasteiger partial charge in [0.15, 0.2) is 11.9 Å². The van der Waals surface area contributed by atoms with Crippen LogP contribution in [-0.4, -0.2) is 42.3 Å². The van der Waals surface area contributed by atoms with Crippen LogP contribution in [0.5, 0.6) is 5.75 Å². The van der Waals surface area contributed by atoms with Crippen molar-refractivity contribution < 1.29 is 14.3 Å². The minimum Gasteiger partial charge on any atom is -0.481 e. The molecule has 2 atom stereocenters. The Kier molecular flexibility index (Phi) is 8.20. The maximum atomic E-state index is 12.6. The highest BCUT2D eigenvalue weighted by Crippen LogP contribution is 2.20. The van der Waals surface area contributed by atoms with Crippen molar-refractivity contribution in [2.24, 2.45) is 0 Å². The van der Waals surface area contributed by atoms with E-state index in [0.29, 0.717) is 17.9 Å². The number of carbonyl (C=O) groups excluding carboxylic acids is 2. The minimum absolute atomic E-state index is 0.0347. The van der Waals surface area contributed by atoms with Crippen molar-refractivity contribution in [3.05, 3.63) is 65.7 Å². The second-order valence-corrected chi connectivity index (χ2v) is 6.74. The maximum absolute atomic E-state index is 12.6. The van der Waals surface area contributed by atoms with Crippen molar-refractivity contribution in [2.75, 3.05) is 19.6 Å². The Bertz CT molecular complexity index is 772. The molecule has 2 aromatic carbocycles. The van der Waals surface area contributed by atoms with E-state index in [1.54, 1.807) is 31.2 Å². The number of ether oxygens (including phenoxy) is 1. The monoisotopic (exact) mass is 382 g/mol. The van der Waals surface area contributed by atoms with Crippen LogP contribution in [0.4, 0.5) is 0 Å². The van der Waals surface area contributed by atoms with E-state index < -0.39 is 6.10 Å². The van der Waals surface area contributed by atoms with Gasteiger partial charge in [-0.25, -0.2) is 0 Å². The summed E-state index contributed by atoms with van der Waals surface area (Å²) in [6.07, 6.45) is -0.657. The zero-order valence-electron chi connectivity index (χ0n) is 17.1. The highest BCUT2D eigenvalue weighted by Gasteiger charge is 2.21. The molecule has 0 saturated carbocycles. The first kappa shape index (κ1) is 21.6. The molecule has 5 nitrogen and oxygen atoms in total. The van der Waals surface area contributed by atoms with Gasteiger partial charge in [-0.05, 0) is 44.6 Å². The largest absolute Gasteiger partial charge is 0.481 e. The van der Waals surface area contributed by atoms with Crippen LogP contribution in [0.15, 0.2) is 54.6 Å². The fourth-order valence-electron chi connectivity index (χ4n) is 3.18. The van der Waals surface area contributed by atoms with Crippen molar-refractivity contribution >= 4 is 11.7 Å². The van der Waals surface area contributed by atoms with Crippen LogP contribution in [0.1, 0.15) is 49.7 Å². The number of carbonyl (C=O) groups is 2. The van der Waals surface area contributed by atoms with Crippen LogP contribution in [0.2, 0.25) is 0 Å². The van der Waals surface area contributed by atoms with Crippen LogP contribution < -0.4 is 10.1 Å². The Morgan fingerprint density at radius 2 is 1.71 bits per heavy atom. The van der Waals surface area contributed by atoms with Crippen molar-refractivity contribution in [3.63, 3.8) is 0 Å². The number of amides is 1. The summed E-state index contributed by atoms with van der Waals surface area (Å²) in [6.45, 7) is 9.76. The molecular weight excluding hydrogens is 352 g/mol. The molecule has 150 valence electrons. The molecule has 5 heteroatoms. The van der Waals surface area contributed by atoms with E-state index in [9.17, 15) is 9.59 Å². The lowest BCUT2D eigenvalue weighted by Crippen LogP contribution is -2.42. The molecule has 0 radical (unpaired) electrons. The Labute approximate surface area is 167 Å². The first-order valence-corrected chi connectivity index (χ1v) is 9.80. The van der Waals surface area contributed by atoms with Crippen molar-refractivity contribution in [2.45, 2.75) is 39.8 Å². The van der Waals surface area contributed by atoms with Gasteiger partial charge in [-0.2, -0.15) is 0 Å². The number of nitrogens with one attached hydrogen (secondary N) is 1. The summed E-state index contributed by atoms with van der Waals surface area (Å²) >= 11 is 0. The predicted molar refractivity (Wildman–Crippen MR) is 112 cm³/mol. The summed E-state index contributed by atoms with van der Waals surface area (Å²) in [7, 11) is 0. The Balaban J connectivity index is 2.01. The second kappa shape index (κ2) is 10.6. The van der Waals surface area contributed by atoms with E-state index in [4.69, 9.17) is 4.74 Å². The summed E-state index contributed by atoms with van der Waals surface area (Å²) in [5.41, 5.74) is 1.74. The first-order chi connectivity index (χ1) is 13.5. The fourth-order valence-corrected chi connectivity index (χ4v) is 3.18. The van der Waals surface area contributed by atoms with Crippen molar-refractivity contribution in [3.8, 4) is 5.75 Å². The first-order valence-electron chi connectivity index (χ1n) is 9.80. The van der Waals surface area contributed by atoms with E-state index in [-0.39, 0.29) is 17.7 Å². The van der Waals surface area contributed by atoms with Gasteiger partial charge in [-0.15, -0.1) is 0 Å². The van der Waals surface area contributed by atoms with Gasteiger partial charge in [0.1, 0.15) is 5.75 Å². The van der Waals surface area contributed by atoms with E-state index in [1.165, 1.54) is 12.5 Å². The van der Waals surface area contributed by atoms with Gasteiger partial charge in [0.25, 0.3) is 5.91 Å². The van der Waals surface area contributed by atoms with E-state index >= 15 is 0 Å². The predicted octanol–water partition coefficient (Wildman–Crippen LogP) is 3.86. The standard InChI is InChI=1S/C23H30N2O3/c1-5-25(6-2)22(19-11-8-7-9-12-19)16-24-23(27)18(4)28-21-14-10-13-20(15-21)17(3)26/h7-15,18,22H,5-6,16H2,1-4H3,(H,24,27). The number of rotatable bonds is 10. The van der Waals surface area contributed by atoms with Gasteiger partial charge in [0.05, 0.1) is 6.04 Å². The molecule has 0 saturated heterocycles. The molecule has 0 heterocycles. The number of ketones is 1. The number of nitrogens with zero attached hydrogens (tertiary/aromatic N) is 1. The maximum Gasteiger partial charge on any atom is 0.260 e. The lowest BCUT2D eigenvalue weighted by atomic mass is 10.0. The molecule has 2 rings (SSSR count). The molecule has 0 fully saturated rings. The average molecular weight is 383 g/mol. The molecular formula is C23H30N2O3. The van der Waals surface area contributed by atoms with Crippen LogP contribution in [-0.2, 0) is 4.79 Å². The summed E-state index contributed by atoms with van der Waals surface area (Å²) in [6, 6.07) is 17.2. The topological polar surface area (TPSA) is 58.6 Å². The zero-order valence-corrected chi connectivity index (χ0v) is 17.1. The third-order valence-corrected chi connectivity index (χ3v) is 4.83. The number of hydrogen-bond acceptors (Lipinski definition) is 4. The minimum atomic E-state index is -0.657. The number of Topliss-reactive ketones (excluding diaryl/α,β-unsaturated/α-hetero) is 1. The molecule has 0 aliphatic rings. The number of hydrogen-bond donors (Lipinski definition) is 1. The van der Waals surface area contributed by atoms with Crippen LogP contribution >= 0.6 is 0 Å². The Hall–Kier alpha value is -2.66. The quantitative estimate of drug-likeness (QED) is 0.634. The SMILES string of the molecule is CCN(CC)C(CNC(=O)C(C)Oc1cccc(C(C)=O)c1)c1ccccc1. The molecule has 28 heavy (non-hydrogen) atoms. The Morgan fingerprint density at radius 1 is 1.04 bits per heavy atom. The molecule has 0 aliphatic carbocycles. The average Bonchev–Trinajstić information content (AvgIpc) is 2.71. The van der Waals surface area contributed by atoms with Gasteiger partial charge in [-0.1, -0.05) is 56.3 Å². The van der Waals surface area contributed by atoms with Gasteiger partial charge in [0.2, 0.25) is 0 Å². The summed E-state index contributed by atoms with van der Waals surface area (Å²) in [5.74, 6) is 0.299. The fraction of sp³-hybridized carbons (Fsp3) is 0.391. The van der Waals surface area contributed by atoms with Gasteiger partial charge >= 0.3 is 0 Å². The smallest absolute Gasteiger partial charge is 0.260 e.